The van der Waals surface area contributed by atoms with E-state index in [1.807, 2.05) is 37.3 Å². The Bertz CT molecular complexity index is 693. The molecule has 2 aromatic rings. The first-order chi connectivity index (χ1) is 9.56. The van der Waals surface area contributed by atoms with E-state index in [0.717, 1.165) is 11.5 Å². The summed E-state index contributed by atoms with van der Waals surface area (Å²) in [6, 6.07) is 9.61. The van der Waals surface area contributed by atoms with Crippen LogP contribution < -0.4 is 0 Å². The Labute approximate surface area is 123 Å². The molecule has 0 N–H and O–H groups in total. The average molecular weight is 288 g/mol. The lowest BCUT2D eigenvalue weighted by Crippen LogP contribution is -2.15. The summed E-state index contributed by atoms with van der Waals surface area (Å²) in [6.45, 7) is 5.71. The smallest absolute Gasteiger partial charge is 0.343 e. The summed E-state index contributed by atoms with van der Waals surface area (Å²) in [5, 5.41) is 0. The Balaban J connectivity index is 2.69. The second kappa shape index (κ2) is 5.96. The molecule has 0 saturated carbocycles. The maximum atomic E-state index is 12.0. The van der Waals surface area contributed by atoms with Gasteiger partial charge in [-0.1, -0.05) is 30.4 Å². The third-order valence-electron chi connectivity index (χ3n) is 2.93. The normalized spacial score (nSPS) is 10.3. The molecule has 0 aliphatic rings. The molecule has 2 rings (SSSR count). The van der Waals surface area contributed by atoms with Gasteiger partial charge < -0.3 is 4.74 Å². The molecular weight excluding hydrogens is 272 g/mol. The van der Waals surface area contributed by atoms with Crippen molar-refractivity contribution in [2.75, 3.05) is 6.61 Å². The van der Waals surface area contributed by atoms with Crippen LogP contribution in [0.5, 0.6) is 0 Å². The van der Waals surface area contributed by atoms with Crippen LogP contribution in [0.15, 0.2) is 30.3 Å². The largest absolute Gasteiger partial charge is 0.462 e. The Morgan fingerprint density at radius 2 is 1.95 bits per heavy atom. The zero-order chi connectivity index (χ0) is 14.7. The minimum absolute atomic E-state index is 0.312. The van der Waals surface area contributed by atoms with Crippen LogP contribution in [0.1, 0.15) is 28.8 Å². The van der Waals surface area contributed by atoms with Gasteiger partial charge in [-0.15, -0.1) is 0 Å². The number of nitrogens with zero attached hydrogens (tertiary/aromatic N) is 2. The van der Waals surface area contributed by atoms with Crippen molar-refractivity contribution in [2.45, 2.75) is 20.8 Å². The zero-order valence-corrected chi connectivity index (χ0v) is 12.5. The molecule has 1 heterocycles. The molecular formula is C15H16N2O2S. The summed E-state index contributed by atoms with van der Waals surface area (Å²) in [5.74, 6) is 0.318. The monoisotopic (exact) mass is 288 g/mol. The first kappa shape index (κ1) is 14.4. The summed E-state index contributed by atoms with van der Waals surface area (Å²) in [6.07, 6.45) is 0. The first-order valence-electron chi connectivity index (χ1n) is 6.39. The van der Waals surface area contributed by atoms with Crippen molar-refractivity contribution in [3.8, 4) is 5.69 Å². The van der Waals surface area contributed by atoms with Crippen LogP contribution in [-0.2, 0) is 4.74 Å². The van der Waals surface area contributed by atoms with E-state index < -0.39 is 5.97 Å². The molecule has 104 valence electrons. The maximum Gasteiger partial charge on any atom is 0.343 e. The molecule has 0 aliphatic carbocycles. The number of ether oxygens (including phenoxy) is 1. The predicted molar refractivity (Wildman–Crippen MR) is 79.8 cm³/mol. The SMILES string of the molecule is CCOC(=O)c1c(C)nc(C)n(-c2ccccc2)c1=S. The van der Waals surface area contributed by atoms with E-state index >= 15 is 0 Å². The van der Waals surface area contributed by atoms with Gasteiger partial charge in [0.05, 0.1) is 12.3 Å². The van der Waals surface area contributed by atoms with Crippen LogP contribution >= 0.6 is 12.2 Å². The van der Waals surface area contributed by atoms with Gasteiger partial charge in [-0.3, -0.25) is 4.57 Å². The van der Waals surface area contributed by atoms with Crippen molar-refractivity contribution in [1.29, 1.82) is 0 Å². The third kappa shape index (κ3) is 2.63. The Morgan fingerprint density at radius 3 is 2.55 bits per heavy atom. The number of aromatic nitrogens is 2. The van der Waals surface area contributed by atoms with Crippen molar-refractivity contribution in [3.63, 3.8) is 0 Å². The van der Waals surface area contributed by atoms with Crippen LogP contribution in [-0.4, -0.2) is 22.1 Å². The quantitative estimate of drug-likeness (QED) is 0.641. The predicted octanol–water partition coefficient (Wildman–Crippen LogP) is 3.40. The number of para-hydroxylation sites is 1. The fraction of sp³-hybridized carbons (Fsp3) is 0.267. The van der Waals surface area contributed by atoms with E-state index in [-0.39, 0.29) is 0 Å². The minimum Gasteiger partial charge on any atom is -0.462 e. The highest BCUT2D eigenvalue weighted by Gasteiger charge is 2.17. The van der Waals surface area contributed by atoms with E-state index in [4.69, 9.17) is 17.0 Å². The number of rotatable bonds is 3. The van der Waals surface area contributed by atoms with Gasteiger partial charge in [0.15, 0.2) is 0 Å². The van der Waals surface area contributed by atoms with Crippen LogP contribution in [0.4, 0.5) is 0 Å². The van der Waals surface area contributed by atoms with E-state index in [1.165, 1.54) is 0 Å². The standard InChI is InChI=1S/C15H16N2O2S/c1-4-19-15(18)13-10(2)16-11(3)17(14(13)20)12-8-6-5-7-9-12/h5-9H,4H2,1-3H3. The molecule has 1 aromatic heterocycles. The van der Waals surface area contributed by atoms with Gasteiger partial charge >= 0.3 is 5.97 Å². The van der Waals surface area contributed by atoms with Gasteiger partial charge in [0.1, 0.15) is 16.0 Å². The molecule has 4 nitrogen and oxygen atoms in total. The van der Waals surface area contributed by atoms with Gasteiger partial charge in [0, 0.05) is 5.69 Å². The van der Waals surface area contributed by atoms with Crippen molar-refractivity contribution < 1.29 is 9.53 Å². The van der Waals surface area contributed by atoms with Gasteiger partial charge in [-0.25, -0.2) is 9.78 Å². The van der Waals surface area contributed by atoms with Crippen LogP contribution in [0.25, 0.3) is 5.69 Å². The van der Waals surface area contributed by atoms with Crippen molar-refractivity contribution >= 4 is 18.2 Å². The number of hydrogen-bond donors (Lipinski definition) is 0. The molecule has 0 bridgehead atoms. The lowest BCUT2D eigenvalue weighted by Gasteiger charge is -2.14. The molecule has 0 atom stereocenters. The molecule has 0 spiro atoms. The van der Waals surface area contributed by atoms with Gasteiger partial charge in [0.25, 0.3) is 0 Å². The topological polar surface area (TPSA) is 44.1 Å². The fourth-order valence-electron chi connectivity index (χ4n) is 2.08. The van der Waals surface area contributed by atoms with Crippen LogP contribution in [0.3, 0.4) is 0 Å². The number of carbonyl (C=O) groups is 1. The number of carbonyl (C=O) groups excluding carboxylic acids is 1. The number of aryl methyl sites for hydroxylation is 2. The Kier molecular flexibility index (Phi) is 4.29. The third-order valence-corrected chi connectivity index (χ3v) is 3.31. The van der Waals surface area contributed by atoms with Crippen molar-refractivity contribution in [3.05, 3.63) is 52.1 Å². The molecule has 1 aromatic carbocycles. The van der Waals surface area contributed by atoms with Crippen LogP contribution in [0.2, 0.25) is 0 Å². The number of benzene rings is 1. The molecule has 0 fully saturated rings. The maximum absolute atomic E-state index is 12.0. The highest BCUT2D eigenvalue weighted by atomic mass is 32.1. The van der Waals surface area contributed by atoms with Gasteiger partial charge in [-0.2, -0.15) is 0 Å². The summed E-state index contributed by atoms with van der Waals surface area (Å²) >= 11 is 5.46. The zero-order valence-electron chi connectivity index (χ0n) is 11.7. The van der Waals surface area contributed by atoms with E-state index in [2.05, 4.69) is 4.98 Å². The molecule has 0 radical (unpaired) electrons. The number of hydrogen-bond acceptors (Lipinski definition) is 4. The summed E-state index contributed by atoms with van der Waals surface area (Å²) < 4.78 is 7.28. The van der Waals surface area contributed by atoms with E-state index in [0.29, 0.717) is 22.5 Å². The second-order valence-electron chi connectivity index (χ2n) is 4.32. The minimum atomic E-state index is -0.424. The van der Waals surface area contributed by atoms with Gasteiger partial charge in [0.2, 0.25) is 0 Å². The average Bonchev–Trinajstić information content (AvgIpc) is 2.39. The Hall–Kier alpha value is -2.01. The van der Waals surface area contributed by atoms with E-state index in [1.54, 1.807) is 18.4 Å². The van der Waals surface area contributed by atoms with E-state index in [9.17, 15) is 4.79 Å². The Morgan fingerprint density at radius 1 is 1.30 bits per heavy atom. The molecule has 0 saturated heterocycles. The number of esters is 1. The molecule has 0 unspecified atom stereocenters. The van der Waals surface area contributed by atoms with Crippen LogP contribution in [0, 0.1) is 18.5 Å². The summed E-state index contributed by atoms with van der Waals surface area (Å²) in [5.41, 5.74) is 1.84. The molecule has 20 heavy (non-hydrogen) atoms. The summed E-state index contributed by atoms with van der Waals surface area (Å²) in [7, 11) is 0. The molecule has 0 aliphatic heterocycles. The molecule has 0 amide bonds. The molecule has 5 heteroatoms. The highest BCUT2D eigenvalue weighted by molar-refractivity contribution is 7.71. The first-order valence-corrected chi connectivity index (χ1v) is 6.80. The van der Waals surface area contributed by atoms with Crippen molar-refractivity contribution in [2.24, 2.45) is 0 Å². The lowest BCUT2D eigenvalue weighted by molar-refractivity contribution is 0.0523. The lowest BCUT2D eigenvalue weighted by atomic mass is 10.2. The summed E-state index contributed by atoms with van der Waals surface area (Å²) in [4.78, 5) is 16.4. The second-order valence-corrected chi connectivity index (χ2v) is 4.70. The fourth-order valence-corrected chi connectivity index (χ4v) is 2.55. The highest BCUT2D eigenvalue weighted by Crippen LogP contribution is 2.17. The van der Waals surface area contributed by atoms with Crippen molar-refractivity contribution in [1.82, 2.24) is 9.55 Å². The van der Waals surface area contributed by atoms with Gasteiger partial charge in [-0.05, 0) is 32.9 Å².